The highest BCUT2D eigenvalue weighted by Crippen LogP contribution is 2.17. The molecule has 0 aliphatic rings. The number of carbonyl (C=O) groups excluding carboxylic acids is 1. The summed E-state index contributed by atoms with van der Waals surface area (Å²) in [5, 5.41) is 3.23. The lowest BCUT2D eigenvalue weighted by Crippen LogP contribution is -2.29. The second-order valence-electron chi connectivity index (χ2n) is 6.01. The van der Waals surface area contributed by atoms with Gasteiger partial charge in [-0.05, 0) is 18.2 Å². The Morgan fingerprint density at radius 2 is 2.12 bits per heavy atom. The molecule has 0 spiro atoms. The fourth-order valence-electron chi connectivity index (χ4n) is 2.74. The summed E-state index contributed by atoms with van der Waals surface area (Å²) < 4.78 is 5.15. The van der Waals surface area contributed by atoms with E-state index in [1.165, 1.54) is 6.20 Å². The van der Waals surface area contributed by atoms with E-state index in [2.05, 4.69) is 15.3 Å². The summed E-state index contributed by atoms with van der Waals surface area (Å²) in [4.78, 5) is 34.3. The molecule has 2 heterocycles. The van der Waals surface area contributed by atoms with Crippen LogP contribution in [0.5, 0.6) is 5.75 Å². The molecule has 7 nitrogen and oxygen atoms in total. The Morgan fingerprint density at radius 1 is 1.31 bits per heavy atom. The number of benzene rings is 1. The van der Waals surface area contributed by atoms with Crippen LogP contribution in [0.3, 0.4) is 0 Å². The van der Waals surface area contributed by atoms with Gasteiger partial charge in [0, 0.05) is 50.0 Å². The molecule has 7 heteroatoms. The maximum absolute atomic E-state index is 12.6. The fraction of sp³-hybridized carbons (Fsp3) is 0.211. The number of H-pyrrole nitrogens is 1. The van der Waals surface area contributed by atoms with Crippen LogP contribution in [0, 0.1) is 0 Å². The van der Waals surface area contributed by atoms with E-state index in [0.29, 0.717) is 16.7 Å². The minimum atomic E-state index is -0.433. The first-order chi connectivity index (χ1) is 12.5. The van der Waals surface area contributed by atoms with Crippen LogP contribution in [-0.4, -0.2) is 37.1 Å². The lowest BCUT2D eigenvalue weighted by atomic mass is 10.1. The van der Waals surface area contributed by atoms with Crippen LogP contribution in [0.1, 0.15) is 15.9 Å². The van der Waals surface area contributed by atoms with Crippen molar-refractivity contribution in [3.05, 3.63) is 64.1 Å². The van der Waals surface area contributed by atoms with Gasteiger partial charge < -0.3 is 19.9 Å². The molecule has 0 radical (unpaired) electrons. The van der Waals surface area contributed by atoms with Gasteiger partial charge in [0.25, 0.3) is 5.91 Å². The normalized spacial score (nSPS) is 10.6. The van der Waals surface area contributed by atoms with Gasteiger partial charge in [0.1, 0.15) is 17.1 Å². The molecule has 1 amide bonds. The lowest BCUT2D eigenvalue weighted by Gasteiger charge is -2.16. The summed E-state index contributed by atoms with van der Waals surface area (Å²) in [5.74, 6) is 0.975. The van der Waals surface area contributed by atoms with Crippen LogP contribution in [0.2, 0.25) is 0 Å². The molecular weight excluding hydrogens is 332 g/mol. The van der Waals surface area contributed by atoms with E-state index in [4.69, 9.17) is 4.74 Å². The van der Waals surface area contributed by atoms with Gasteiger partial charge in [0.15, 0.2) is 0 Å². The van der Waals surface area contributed by atoms with Gasteiger partial charge >= 0.3 is 0 Å². The number of aromatic nitrogens is 2. The van der Waals surface area contributed by atoms with Crippen molar-refractivity contribution in [1.82, 2.24) is 15.3 Å². The van der Waals surface area contributed by atoms with E-state index in [1.54, 1.807) is 31.5 Å². The monoisotopic (exact) mass is 352 g/mol. The molecule has 26 heavy (non-hydrogen) atoms. The van der Waals surface area contributed by atoms with E-state index in [1.807, 2.05) is 31.1 Å². The van der Waals surface area contributed by atoms with Crippen molar-refractivity contribution in [1.29, 1.82) is 0 Å². The molecular formula is C19H20N4O3. The number of fused-ring (bicyclic) bond motifs is 1. The van der Waals surface area contributed by atoms with Crippen molar-refractivity contribution in [2.75, 3.05) is 26.1 Å². The van der Waals surface area contributed by atoms with Crippen LogP contribution in [0.4, 0.5) is 5.82 Å². The zero-order chi connectivity index (χ0) is 18.7. The molecule has 0 atom stereocenters. The molecule has 0 saturated heterocycles. The predicted octanol–water partition coefficient (Wildman–Crippen LogP) is 1.93. The topological polar surface area (TPSA) is 87.3 Å². The molecule has 0 saturated carbocycles. The van der Waals surface area contributed by atoms with E-state index >= 15 is 0 Å². The van der Waals surface area contributed by atoms with Crippen molar-refractivity contribution < 1.29 is 9.53 Å². The number of aromatic amines is 1. The van der Waals surface area contributed by atoms with Gasteiger partial charge in [-0.25, -0.2) is 4.98 Å². The first kappa shape index (κ1) is 17.5. The second kappa shape index (κ2) is 7.26. The number of hydrogen-bond acceptors (Lipinski definition) is 5. The number of carbonyl (C=O) groups is 1. The molecule has 134 valence electrons. The number of rotatable bonds is 5. The summed E-state index contributed by atoms with van der Waals surface area (Å²) in [6, 6.07) is 8.76. The third-order valence-corrected chi connectivity index (χ3v) is 4.06. The number of anilines is 1. The summed E-state index contributed by atoms with van der Waals surface area (Å²) in [6.45, 7) is 0.278. The number of amides is 1. The Morgan fingerprint density at radius 3 is 2.85 bits per heavy atom. The summed E-state index contributed by atoms with van der Waals surface area (Å²) >= 11 is 0. The molecule has 0 fully saturated rings. The number of nitrogens with zero attached hydrogens (tertiary/aromatic N) is 2. The van der Waals surface area contributed by atoms with Crippen LogP contribution in [0.15, 0.2) is 47.5 Å². The van der Waals surface area contributed by atoms with E-state index in [9.17, 15) is 9.59 Å². The molecule has 0 unspecified atom stereocenters. The average Bonchev–Trinajstić information content (AvgIpc) is 2.66. The number of nitrogens with one attached hydrogen (secondary N) is 2. The third kappa shape index (κ3) is 3.37. The maximum Gasteiger partial charge on any atom is 0.257 e. The smallest absolute Gasteiger partial charge is 0.257 e. The zero-order valence-electron chi connectivity index (χ0n) is 14.9. The minimum Gasteiger partial charge on any atom is -0.497 e. The number of methoxy groups -OCH3 is 1. The van der Waals surface area contributed by atoms with Gasteiger partial charge in [0.05, 0.1) is 12.6 Å². The van der Waals surface area contributed by atoms with Gasteiger partial charge in [-0.3, -0.25) is 9.59 Å². The Labute approximate surface area is 150 Å². The zero-order valence-corrected chi connectivity index (χ0v) is 14.9. The van der Waals surface area contributed by atoms with Crippen molar-refractivity contribution in [3.8, 4) is 5.75 Å². The van der Waals surface area contributed by atoms with Gasteiger partial charge in [-0.2, -0.15) is 0 Å². The van der Waals surface area contributed by atoms with Crippen LogP contribution >= 0.6 is 0 Å². The van der Waals surface area contributed by atoms with Crippen LogP contribution in [0.25, 0.3) is 10.9 Å². The molecule has 0 aliphatic carbocycles. The van der Waals surface area contributed by atoms with Gasteiger partial charge in [-0.1, -0.05) is 6.07 Å². The third-order valence-electron chi connectivity index (χ3n) is 4.06. The summed E-state index contributed by atoms with van der Waals surface area (Å²) in [6.07, 6.45) is 3.12. The summed E-state index contributed by atoms with van der Waals surface area (Å²) in [5.41, 5.74) is 1.23. The van der Waals surface area contributed by atoms with Crippen molar-refractivity contribution in [2.24, 2.45) is 0 Å². The number of hydrogen-bond donors (Lipinski definition) is 2. The van der Waals surface area contributed by atoms with Crippen LogP contribution < -0.4 is 20.4 Å². The highest BCUT2D eigenvalue weighted by molar-refractivity contribution is 5.97. The van der Waals surface area contributed by atoms with Gasteiger partial charge in [0.2, 0.25) is 5.43 Å². The highest BCUT2D eigenvalue weighted by Gasteiger charge is 2.14. The average molecular weight is 352 g/mol. The van der Waals surface area contributed by atoms with E-state index in [-0.39, 0.29) is 17.5 Å². The Balaban J connectivity index is 1.85. The molecule has 1 aromatic carbocycles. The van der Waals surface area contributed by atoms with Crippen molar-refractivity contribution >= 4 is 22.6 Å². The molecule has 3 aromatic rings. The maximum atomic E-state index is 12.6. The SMILES string of the molecule is COc1ccc2c(=O)c(C(=O)NCc3cccnc3N(C)C)c[nH]c2c1. The van der Waals surface area contributed by atoms with Crippen LogP contribution in [-0.2, 0) is 6.54 Å². The predicted molar refractivity (Wildman–Crippen MR) is 101 cm³/mol. The molecule has 0 bridgehead atoms. The molecule has 2 aromatic heterocycles. The van der Waals surface area contributed by atoms with E-state index in [0.717, 1.165) is 11.4 Å². The summed E-state index contributed by atoms with van der Waals surface area (Å²) in [7, 11) is 5.33. The first-order valence-electron chi connectivity index (χ1n) is 8.10. The number of ether oxygens (including phenoxy) is 1. The Hall–Kier alpha value is -3.35. The molecule has 0 aliphatic heterocycles. The minimum absolute atomic E-state index is 0.0676. The fourth-order valence-corrected chi connectivity index (χ4v) is 2.74. The standard InChI is InChI=1S/C19H20N4O3/c1-23(2)18-12(5-4-8-20-18)10-22-19(25)15-11-21-16-9-13(26-3)6-7-14(16)17(15)24/h4-9,11H,10H2,1-3H3,(H,21,24)(H,22,25). The number of pyridine rings is 2. The molecule has 3 rings (SSSR count). The highest BCUT2D eigenvalue weighted by atomic mass is 16.5. The Bertz CT molecular complexity index is 1010. The largest absolute Gasteiger partial charge is 0.497 e. The Kier molecular flexibility index (Phi) is 4.88. The van der Waals surface area contributed by atoms with Crippen molar-refractivity contribution in [3.63, 3.8) is 0 Å². The van der Waals surface area contributed by atoms with Crippen molar-refractivity contribution in [2.45, 2.75) is 6.54 Å². The van der Waals surface area contributed by atoms with E-state index < -0.39 is 5.91 Å². The molecule has 2 N–H and O–H groups in total. The first-order valence-corrected chi connectivity index (χ1v) is 8.10. The lowest BCUT2D eigenvalue weighted by molar-refractivity contribution is 0.0949. The quantitative estimate of drug-likeness (QED) is 0.733. The van der Waals surface area contributed by atoms with Gasteiger partial charge in [-0.15, -0.1) is 0 Å². The second-order valence-corrected chi connectivity index (χ2v) is 6.01.